The first kappa shape index (κ1) is 23.1. The fraction of sp³-hybridized carbons (Fsp3) is 0.308. The Bertz CT molecular complexity index is 1080. The monoisotopic (exact) mass is 464 g/mol. The van der Waals surface area contributed by atoms with Crippen molar-refractivity contribution < 1.29 is 9.53 Å². The third-order valence-electron chi connectivity index (χ3n) is 5.69. The average Bonchev–Trinajstić information content (AvgIpc) is 3.32. The molecule has 3 aromatic rings. The van der Waals surface area contributed by atoms with Gasteiger partial charge in [-0.05, 0) is 42.4 Å². The van der Waals surface area contributed by atoms with E-state index < -0.39 is 0 Å². The molecular formula is C26H29ClN4O2. The Hall–Kier alpha value is -3.09. The van der Waals surface area contributed by atoms with Crippen LogP contribution in [-0.2, 0) is 17.9 Å². The third kappa shape index (κ3) is 6.70. The molecule has 1 aliphatic rings. The number of benzene rings is 2. The number of H-pyrrole nitrogens is 1. The van der Waals surface area contributed by atoms with Crippen molar-refractivity contribution in [1.29, 1.82) is 0 Å². The normalized spacial score (nSPS) is 14.8. The average molecular weight is 465 g/mol. The van der Waals surface area contributed by atoms with Crippen LogP contribution in [0.4, 0.5) is 0 Å². The maximum Gasteiger partial charge on any atom is 0.246 e. The van der Waals surface area contributed by atoms with Gasteiger partial charge in [-0.3, -0.25) is 9.69 Å². The molecule has 33 heavy (non-hydrogen) atoms. The first-order valence-electron chi connectivity index (χ1n) is 11.2. The molecule has 1 fully saturated rings. The van der Waals surface area contributed by atoms with Crippen LogP contribution in [0.3, 0.4) is 0 Å². The maximum absolute atomic E-state index is 12.6. The second-order valence-corrected chi connectivity index (χ2v) is 8.76. The molecule has 0 saturated carbocycles. The van der Waals surface area contributed by atoms with E-state index in [2.05, 4.69) is 34.0 Å². The standard InChI is InChI=1S/C26H29ClN4O2/c1-30(19-25-28-13-14-29-25)18-20-5-4-7-23(17-20)33-22-11-15-31(16-12-22)26(32)10-9-21-6-2-3-8-24(21)27/h2-10,13-14,17,22H,11-12,15-16,18-19H2,1H3,(H,28,29). The van der Waals surface area contributed by atoms with Crippen molar-refractivity contribution in [3.8, 4) is 5.75 Å². The number of carbonyl (C=O) groups is 1. The summed E-state index contributed by atoms with van der Waals surface area (Å²) in [6, 6.07) is 15.7. The van der Waals surface area contributed by atoms with Crippen molar-refractivity contribution >= 4 is 23.6 Å². The molecule has 0 bridgehead atoms. The summed E-state index contributed by atoms with van der Waals surface area (Å²) in [7, 11) is 2.07. The number of carbonyl (C=O) groups excluding carboxylic acids is 1. The van der Waals surface area contributed by atoms with Crippen molar-refractivity contribution in [3.05, 3.63) is 89.0 Å². The van der Waals surface area contributed by atoms with E-state index >= 15 is 0 Å². The second kappa shape index (κ2) is 11.2. The second-order valence-electron chi connectivity index (χ2n) is 8.35. The predicted octanol–water partition coefficient (Wildman–Crippen LogP) is 4.78. The van der Waals surface area contributed by atoms with Gasteiger partial charge >= 0.3 is 0 Å². The van der Waals surface area contributed by atoms with Gasteiger partial charge in [0.15, 0.2) is 0 Å². The summed E-state index contributed by atoms with van der Waals surface area (Å²) in [4.78, 5) is 24.0. The van der Waals surface area contributed by atoms with E-state index in [-0.39, 0.29) is 12.0 Å². The largest absolute Gasteiger partial charge is 0.490 e. The highest BCUT2D eigenvalue weighted by molar-refractivity contribution is 6.32. The minimum atomic E-state index is 0.00922. The molecule has 1 saturated heterocycles. The number of rotatable bonds is 8. The number of piperidine rings is 1. The van der Waals surface area contributed by atoms with Gasteiger partial charge in [-0.2, -0.15) is 0 Å². The van der Waals surface area contributed by atoms with Gasteiger partial charge in [-0.1, -0.05) is 41.9 Å². The zero-order chi connectivity index (χ0) is 23.0. The number of nitrogens with zero attached hydrogens (tertiary/aromatic N) is 3. The van der Waals surface area contributed by atoms with Gasteiger partial charge in [0.1, 0.15) is 17.7 Å². The number of amides is 1. The molecule has 7 heteroatoms. The van der Waals surface area contributed by atoms with E-state index in [9.17, 15) is 4.79 Å². The number of aromatic amines is 1. The minimum Gasteiger partial charge on any atom is -0.490 e. The molecule has 0 unspecified atom stereocenters. The fourth-order valence-corrected chi connectivity index (χ4v) is 4.19. The number of likely N-dealkylation sites (tertiary alicyclic amines) is 1. The van der Waals surface area contributed by atoms with Gasteiger partial charge in [0, 0.05) is 56.0 Å². The molecular weight excluding hydrogens is 436 g/mol. The number of imidazole rings is 1. The molecule has 0 spiro atoms. The summed E-state index contributed by atoms with van der Waals surface area (Å²) >= 11 is 6.16. The summed E-state index contributed by atoms with van der Waals surface area (Å²) in [6.07, 6.45) is 8.73. The fourth-order valence-electron chi connectivity index (χ4n) is 3.99. The van der Waals surface area contributed by atoms with Gasteiger partial charge < -0.3 is 14.6 Å². The number of ether oxygens (including phenoxy) is 1. The lowest BCUT2D eigenvalue weighted by atomic mass is 10.1. The Labute approximate surface area is 199 Å². The summed E-state index contributed by atoms with van der Waals surface area (Å²) in [5, 5.41) is 0.642. The molecule has 6 nitrogen and oxygen atoms in total. The van der Waals surface area contributed by atoms with Crippen LogP contribution in [0.2, 0.25) is 5.02 Å². The Morgan fingerprint density at radius 1 is 1.21 bits per heavy atom. The van der Waals surface area contributed by atoms with Crippen molar-refractivity contribution in [2.45, 2.75) is 32.0 Å². The zero-order valence-corrected chi connectivity index (χ0v) is 19.5. The van der Waals surface area contributed by atoms with E-state index in [1.165, 1.54) is 5.56 Å². The van der Waals surface area contributed by atoms with E-state index in [1.807, 2.05) is 47.5 Å². The number of aromatic nitrogens is 2. The molecule has 2 aromatic carbocycles. The van der Waals surface area contributed by atoms with Crippen LogP contribution < -0.4 is 4.74 Å². The number of nitrogens with one attached hydrogen (secondary N) is 1. The summed E-state index contributed by atoms with van der Waals surface area (Å²) in [6.45, 7) is 2.93. The Balaban J connectivity index is 1.25. The van der Waals surface area contributed by atoms with Crippen molar-refractivity contribution in [1.82, 2.24) is 19.8 Å². The molecule has 0 aliphatic carbocycles. The van der Waals surface area contributed by atoms with Crippen LogP contribution in [-0.4, -0.2) is 51.9 Å². The first-order valence-corrected chi connectivity index (χ1v) is 11.6. The Kier molecular flexibility index (Phi) is 7.81. The molecule has 1 N–H and O–H groups in total. The first-order chi connectivity index (χ1) is 16.1. The van der Waals surface area contributed by atoms with Gasteiger partial charge in [0.05, 0.1) is 6.54 Å². The lowest BCUT2D eigenvalue weighted by Gasteiger charge is -2.31. The smallest absolute Gasteiger partial charge is 0.246 e. The number of hydrogen-bond acceptors (Lipinski definition) is 4. The van der Waals surface area contributed by atoms with Crippen LogP contribution in [0.15, 0.2) is 67.0 Å². The molecule has 0 atom stereocenters. The third-order valence-corrected chi connectivity index (χ3v) is 6.04. The van der Waals surface area contributed by atoms with Crippen LogP contribution in [0.5, 0.6) is 5.75 Å². The van der Waals surface area contributed by atoms with Crippen LogP contribution in [0.1, 0.15) is 29.8 Å². The summed E-state index contributed by atoms with van der Waals surface area (Å²) in [5.41, 5.74) is 2.04. The lowest BCUT2D eigenvalue weighted by molar-refractivity contribution is -0.127. The number of halogens is 1. The zero-order valence-electron chi connectivity index (χ0n) is 18.8. The SMILES string of the molecule is CN(Cc1cccc(OC2CCN(C(=O)C=Cc3ccccc3Cl)CC2)c1)Cc1ncc[nH]1. The van der Waals surface area contributed by atoms with Crippen LogP contribution >= 0.6 is 11.6 Å². The topological polar surface area (TPSA) is 61.5 Å². The molecule has 0 radical (unpaired) electrons. The van der Waals surface area contributed by atoms with Gasteiger partial charge in [-0.15, -0.1) is 0 Å². The van der Waals surface area contributed by atoms with Crippen molar-refractivity contribution in [2.75, 3.05) is 20.1 Å². The molecule has 1 aromatic heterocycles. The van der Waals surface area contributed by atoms with Gasteiger partial charge in [0.25, 0.3) is 0 Å². The van der Waals surface area contributed by atoms with Crippen LogP contribution in [0, 0.1) is 0 Å². The molecule has 1 aliphatic heterocycles. The summed E-state index contributed by atoms with van der Waals surface area (Å²) in [5.74, 6) is 1.84. The van der Waals surface area contributed by atoms with E-state index in [4.69, 9.17) is 16.3 Å². The highest BCUT2D eigenvalue weighted by Gasteiger charge is 2.23. The van der Waals surface area contributed by atoms with Crippen molar-refractivity contribution in [3.63, 3.8) is 0 Å². The number of hydrogen-bond donors (Lipinski definition) is 1. The van der Waals surface area contributed by atoms with Gasteiger partial charge in [0.2, 0.25) is 5.91 Å². The van der Waals surface area contributed by atoms with Crippen LogP contribution in [0.25, 0.3) is 6.08 Å². The Morgan fingerprint density at radius 2 is 2.03 bits per heavy atom. The Morgan fingerprint density at radius 3 is 2.79 bits per heavy atom. The summed E-state index contributed by atoms with van der Waals surface area (Å²) < 4.78 is 6.25. The molecule has 172 valence electrons. The minimum absolute atomic E-state index is 0.00922. The molecule has 1 amide bonds. The highest BCUT2D eigenvalue weighted by Crippen LogP contribution is 2.22. The van der Waals surface area contributed by atoms with Crippen molar-refractivity contribution in [2.24, 2.45) is 0 Å². The quantitative estimate of drug-likeness (QED) is 0.487. The maximum atomic E-state index is 12.6. The van der Waals surface area contributed by atoms with Gasteiger partial charge in [-0.25, -0.2) is 4.98 Å². The van der Waals surface area contributed by atoms with E-state index in [0.29, 0.717) is 18.1 Å². The lowest BCUT2D eigenvalue weighted by Crippen LogP contribution is -2.41. The van der Waals surface area contributed by atoms with E-state index in [0.717, 1.165) is 43.1 Å². The highest BCUT2D eigenvalue weighted by atomic mass is 35.5. The predicted molar refractivity (Wildman–Crippen MR) is 131 cm³/mol. The molecule has 4 rings (SSSR count). The molecule has 2 heterocycles. The van der Waals surface area contributed by atoms with E-state index in [1.54, 1.807) is 18.3 Å².